The summed E-state index contributed by atoms with van der Waals surface area (Å²) >= 11 is 0. The topological polar surface area (TPSA) is 90.9 Å². The number of amides is 1. The van der Waals surface area contributed by atoms with E-state index in [2.05, 4.69) is 5.32 Å². The molecule has 0 saturated heterocycles. The molecule has 0 heterocycles. The monoisotopic (exact) mass is 501 g/mol. The Bertz CT molecular complexity index is 1220. The van der Waals surface area contributed by atoms with Crippen LogP contribution in [0.1, 0.15) is 49.8 Å². The van der Waals surface area contributed by atoms with E-state index >= 15 is 0 Å². The van der Waals surface area contributed by atoms with Crippen LogP contribution in [0.15, 0.2) is 78.9 Å². The van der Waals surface area contributed by atoms with Crippen LogP contribution in [0.3, 0.4) is 0 Å². The Balaban J connectivity index is 1.42. The second kappa shape index (κ2) is 11.3. The van der Waals surface area contributed by atoms with E-state index in [-0.39, 0.29) is 25.6 Å². The molecule has 3 aromatic carbocycles. The molecule has 7 nitrogen and oxygen atoms in total. The van der Waals surface area contributed by atoms with Crippen LogP contribution in [0.25, 0.3) is 11.1 Å². The number of ether oxygens (including phenoxy) is 3. The number of esters is 2. The standard InChI is InChI=1S/C30H31NO6/c1-30(2,3)37-27(32)17-26(28(33)35-18-20-11-5-4-6-12-20)31-29(34)36-19-25-23-15-9-7-13-21(23)22-14-8-10-16-24(22)25/h4-16,25-26H,17-19H2,1-3H3,(H,31,34)/t26-/m0/s1. The van der Waals surface area contributed by atoms with Gasteiger partial charge in [0.15, 0.2) is 0 Å². The van der Waals surface area contributed by atoms with Gasteiger partial charge in [-0.15, -0.1) is 0 Å². The number of alkyl carbamates (subject to hydrolysis) is 1. The van der Waals surface area contributed by atoms with Crippen molar-refractivity contribution >= 4 is 18.0 Å². The van der Waals surface area contributed by atoms with Gasteiger partial charge in [0.2, 0.25) is 0 Å². The van der Waals surface area contributed by atoms with Crippen molar-refractivity contribution in [2.45, 2.75) is 51.4 Å². The lowest BCUT2D eigenvalue weighted by Crippen LogP contribution is -2.44. The smallest absolute Gasteiger partial charge is 0.407 e. The van der Waals surface area contributed by atoms with Gasteiger partial charge in [-0.1, -0.05) is 78.9 Å². The molecular formula is C30H31NO6. The van der Waals surface area contributed by atoms with E-state index in [9.17, 15) is 14.4 Å². The first-order valence-corrected chi connectivity index (χ1v) is 12.2. The zero-order chi connectivity index (χ0) is 26.4. The van der Waals surface area contributed by atoms with Gasteiger partial charge >= 0.3 is 18.0 Å². The highest BCUT2D eigenvalue weighted by molar-refractivity contribution is 5.86. The van der Waals surface area contributed by atoms with Crippen LogP contribution < -0.4 is 5.32 Å². The second-order valence-electron chi connectivity index (χ2n) is 9.91. The van der Waals surface area contributed by atoms with Gasteiger partial charge in [0.1, 0.15) is 24.9 Å². The number of fused-ring (bicyclic) bond motifs is 3. The number of carbonyl (C=O) groups excluding carboxylic acids is 3. The molecule has 1 aliphatic carbocycles. The van der Waals surface area contributed by atoms with Gasteiger partial charge in [-0.25, -0.2) is 9.59 Å². The Hall–Kier alpha value is -4.13. The zero-order valence-corrected chi connectivity index (χ0v) is 21.2. The Morgan fingerprint density at radius 2 is 1.38 bits per heavy atom. The minimum atomic E-state index is -1.26. The van der Waals surface area contributed by atoms with Gasteiger partial charge in [0.05, 0.1) is 6.42 Å². The van der Waals surface area contributed by atoms with Gasteiger partial charge in [-0.2, -0.15) is 0 Å². The third kappa shape index (κ3) is 6.76. The molecule has 37 heavy (non-hydrogen) atoms. The lowest BCUT2D eigenvalue weighted by atomic mass is 9.98. The molecule has 0 unspecified atom stereocenters. The molecule has 0 radical (unpaired) electrons. The summed E-state index contributed by atoms with van der Waals surface area (Å²) in [7, 11) is 0. The molecule has 1 atom stereocenters. The molecule has 0 saturated carbocycles. The molecule has 0 aromatic heterocycles. The molecule has 0 fully saturated rings. The van der Waals surface area contributed by atoms with Crippen molar-refractivity contribution in [3.63, 3.8) is 0 Å². The van der Waals surface area contributed by atoms with E-state index in [4.69, 9.17) is 14.2 Å². The molecule has 3 aromatic rings. The molecule has 0 bridgehead atoms. The summed E-state index contributed by atoms with van der Waals surface area (Å²) in [6.45, 7) is 5.28. The third-order valence-electron chi connectivity index (χ3n) is 5.94. The molecule has 192 valence electrons. The number of nitrogens with one attached hydrogen (secondary N) is 1. The number of benzene rings is 3. The second-order valence-corrected chi connectivity index (χ2v) is 9.91. The van der Waals surface area contributed by atoms with E-state index in [1.807, 2.05) is 78.9 Å². The Morgan fingerprint density at radius 3 is 1.97 bits per heavy atom. The number of rotatable bonds is 8. The summed E-state index contributed by atoms with van der Waals surface area (Å²) in [5, 5.41) is 2.51. The minimum Gasteiger partial charge on any atom is -0.460 e. The molecule has 0 spiro atoms. The van der Waals surface area contributed by atoms with Crippen molar-refractivity contribution in [2.75, 3.05) is 6.61 Å². The highest BCUT2D eigenvalue weighted by atomic mass is 16.6. The van der Waals surface area contributed by atoms with Gasteiger partial charge in [-0.3, -0.25) is 4.79 Å². The average Bonchev–Trinajstić information content (AvgIpc) is 3.19. The summed E-state index contributed by atoms with van der Waals surface area (Å²) in [5.41, 5.74) is 4.42. The fourth-order valence-electron chi connectivity index (χ4n) is 4.35. The van der Waals surface area contributed by atoms with Gasteiger partial charge in [-0.05, 0) is 48.6 Å². The van der Waals surface area contributed by atoms with Crippen molar-refractivity contribution in [3.8, 4) is 11.1 Å². The van der Waals surface area contributed by atoms with Crippen LogP contribution in [0.2, 0.25) is 0 Å². The fourth-order valence-corrected chi connectivity index (χ4v) is 4.35. The SMILES string of the molecule is CC(C)(C)OC(=O)C[C@H](NC(=O)OCC1c2ccccc2-c2ccccc21)C(=O)OCc1ccccc1. The van der Waals surface area contributed by atoms with Gasteiger partial charge in [0, 0.05) is 5.92 Å². The molecule has 1 amide bonds. The van der Waals surface area contributed by atoms with Crippen LogP contribution in [-0.4, -0.2) is 36.3 Å². The molecule has 7 heteroatoms. The Morgan fingerprint density at radius 1 is 0.811 bits per heavy atom. The normalized spacial score (nSPS) is 13.2. The summed E-state index contributed by atoms with van der Waals surface area (Å²) < 4.78 is 16.3. The van der Waals surface area contributed by atoms with Crippen molar-refractivity contribution in [1.82, 2.24) is 5.32 Å². The van der Waals surface area contributed by atoms with Gasteiger partial charge < -0.3 is 19.5 Å². The first-order chi connectivity index (χ1) is 17.7. The van der Waals surface area contributed by atoms with Crippen LogP contribution >= 0.6 is 0 Å². The lowest BCUT2D eigenvalue weighted by molar-refractivity contribution is -0.160. The highest BCUT2D eigenvalue weighted by Crippen LogP contribution is 2.44. The fraction of sp³-hybridized carbons (Fsp3) is 0.300. The summed E-state index contributed by atoms with van der Waals surface area (Å²) in [6.07, 6.45) is -1.19. The summed E-state index contributed by atoms with van der Waals surface area (Å²) in [4.78, 5) is 38.1. The third-order valence-corrected chi connectivity index (χ3v) is 5.94. The highest BCUT2D eigenvalue weighted by Gasteiger charge is 2.31. The maximum Gasteiger partial charge on any atom is 0.407 e. The Kier molecular flexibility index (Phi) is 7.92. The van der Waals surface area contributed by atoms with E-state index in [1.54, 1.807) is 20.8 Å². The maximum absolute atomic E-state index is 12.8. The molecular weight excluding hydrogens is 470 g/mol. The van der Waals surface area contributed by atoms with Crippen LogP contribution in [0, 0.1) is 0 Å². The quantitative estimate of drug-likeness (QED) is 0.330. The molecule has 1 aliphatic rings. The van der Waals surface area contributed by atoms with Crippen LogP contribution in [-0.2, 0) is 30.4 Å². The molecule has 4 rings (SSSR count). The van der Waals surface area contributed by atoms with Gasteiger partial charge in [0.25, 0.3) is 0 Å². The summed E-state index contributed by atoms with van der Waals surface area (Å²) in [5.74, 6) is -1.51. The van der Waals surface area contributed by atoms with Crippen LogP contribution in [0.5, 0.6) is 0 Å². The molecule has 0 aliphatic heterocycles. The van der Waals surface area contributed by atoms with Crippen molar-refractivity contribution in [1.29, 1.82) is 0 Å². The minimum absolute atomic E-state index is 0.0108. The average molecular weight is 502 g/mol. The predicted octanol–water partition coefficient (Wildman–Crippen LogP) is 5.37. The zero-order valence-electron chi connectivity index (χ0n) is 21.2. The van der Waals surface area contributed by atoms with Crippen molar-refractivity contribution in [3.05, 3.63) is 95.6 Å². The summed E-state index contributed by atoms with van der Waals surface area (Å²) in [6, 6.07) is 23.9. The van der Waals surface area contributed by atoms with E-state index in [0.717, 1.165) is 27.8 Å². The van der Waals surface area contributed by atoms with Crippen molar-refractivity contribution < 1.29 is 28.6 Å². The van der Waals surface area contributed by atoms with E-state index in [1.165, 1.54) is 0 Å². The first-order valence-electron chi connectivity index (χ1n) is 12.2. The number of hydrogen-bond donors (Lipinski definition) is 1. The lowest BCUT2D eigenvalue weighted by Gasteiger charge is -2.22. The van der Waals surface area contributed by atoms with Crippen molar-refractivity contribution in [2.24, 2.45) is 0 Å². The van der Waals surface area contributed by atoms with E-state index < -0.39 is 29.7 Å². The Labute approximate surface area is 216 Å². The largest absolute Gasteiger partial charge is 0.460 e. The predicted molar refractivity (Wildman–Crippen MR) is 139 cm³/mol. The number of carbonyl (C=O) groups is 3. The van der Waals surface area contributed by atoms with Crippen LogP contribution in [0.4, 0.5) is 4.79 Å². The van der Waals surface area contributed by atoms with E-state index in [0.29, 0.717) is 0 Å². The maximum atomic E-state index is 12.8. The molecule has 1 N–H and O–H groups in total. The number of hydrogen-bond acceptors (Lipinski definition) is 6. The first kappa shape index (κ1) is 25.9.